The standard InChI is InChI=1S/C13H11FN2O4/c14-9-3-1-2-4-10(9)16-13(19)15-7-8-5-6-11(20-8)12(17)18/h1-6H,7H2,(H,17,18)(H2,15,16,19). The third kappa shape index (κ3) is 3.35. The number of para-hydroxylation sites is 1. The molecule has 6 nitrogen and oxygen atoms in total. The molecular weight excluding hydrogens is 267 g/mol. The summed E-state index contributed by atoms with van der Waals surface area (Å²) in [4.78, 5) is 22.1. The van der Waals surface area contributed by atoms with Crippen molar-refractivity contribution in [3.63, 3.8) is 0 Å². The van der Waals surface area contributed by atoms with E-state index in [1.54, 1.807) is 6.07 Å². The maximum absolute atomic E-state index is 13.3. The highest BCUT2D eigenvalue weighted by Gasteiger charge is 2.10. The van der Waals surface area contributed by atoms with Crippen LogP contribution in [0.2, 0.25) is 0 Å². The number of hydrogen-bond acceptors (Lipinski definition) is 3. The van der Waals surface area contributed by atoms with Gasteiger partial charge in [0.2, 0.25) is 5.76 Å². The molecule has 0 aliphatic heterocycles. The number of aromatic carboxylic acids is 1. The van der Waals surface area contributed by atoms with Gasteiger partial charge in [-0.15, -0.1) is 0 Å². The number of halogens is 1. The van der Waals surface area contributed by atoms with Gasteiger partial charge in [-0.3, -0.25) is 0 Å². The van der Waals surface area contributed by atoms with Crippen LogP contribution < -0.4 is 10.6 Å². The highest BCUT2D eigenvalue weighted by molar-refractivity contribution is 5.89. The van der Waals surface area contributed by atoms with Crippen molar-refractivity contribution < 1.29 is 23.5 Å². The summed E-state index contributed by atoms with van der Waals surface area (Å²) in [5, 5.41) is 13.4. The van der Waals surface area contributed by atoms with Crippen LogP contribution in [0.15, 0.2) is 40.8 Å². The van der Waals surface area contributed by atoms with Gasteiger partial charge < -0.3 is 20.2 Å². The number of furan rings is 1. The molecule has 0 bridgehead atoms. The Morgan fingerprint density at radius 1 is 1.20 bits per heavy atom. The second kappa shape index (κ2) is 5.87. The number of urea groups is 1. The van der Waals surface area contributed by atoms with Gasteiger partial charge >= 0.3 is 12.0 Å². The number of anilines is 1. The zero-order chi connectivity index (χ0) is 14.5. The van der Waals surface area contributed by atoms with Gasteiger partial charge in [0, 0.05) is 0 Å². The minimum Gasteiger partial charge on any atom is -0.475 e. The second-order valence-electron chi connectivity index (χ2n) is 3.86. The van der Waals surface area contributed by atoms with Crippen LogP contribution >= 0.6 is 0 Å². The predicted molar refractivity (Wildman–Crippen MR) is 67.9 cm³/mol. The van der Waals surface area contributed by atoms with Gasteiger partial charge in [0.05, 0.1) is 12.2 Å². The van der Waals surface area contributed by atoms with Crippen LogP contribution in [0.5, 0.6) is 0 Å². The lowest BCUT2D eigenvalue weighted by Crippen LogP contribution is -2.28. The van der Waals surface area contributed by atoms with Crippen molar-refractivity contribution in [3.05, 3.63) is 53.7 Å². The first-order valence-electron chi connectivity index (χ1n) is 5.67. The van der Waals surface area contributed by atoms with Gasteiger partial charge in [0.25, 0.3) is 0 Å². The van der Waals surface area contributed by atoms with Gasteiger partial charge in [-0.1, -0.05) is 12.1 Å². The molecule has 0 saturated heterocycles. The Morgan fingerprint density at radius 2 is 1.95 bits per heavy atom. The average Bonchev–Trinajstić information content (AvgIpc) is 2.88. The van der Waals surface area contributed by atoms with Crippen LogP contribution in [-0.2, 0) is 6.54 Å². The number of amides is 2. The molecule has 7 heteroatoms. The monoisotopic (exact) mass is 278 g/mol. The third-order valence-electron chi connectivity index (χ3n) is 2.42. The van der Waals surface area contributed by atoms with E-state index in [-0.39, 0.29) is 23.8 Å². The van der Waals surface area contributed by atoms with Crippen LogP contribution in [0, 0.1) is 5.82 Å². The van der Waals surface area contributed by atoms with Gasteiger partial charge in [0.1, 0.15) is 11.6 Å². The van der Waals surface area contributed by atoms with Crippen LogP contribution in [0.25, 0.3) is 0 Å². The van der Waals surface area contributed by atoms with Crippen molar-refractivity contribution in [1.29, 1.82) is 0 Å². The lowest BCUT2D eigenvalue weighted by Gasteiger charge is -2.06. The average molecular weight is 278 g/mol. The number of benzene rings is 1. The number of rotatable bonds is 4. The molecule has 2 aromatic rings. The largest absolute Gasteiger partial charge is 0.475 e. The van der Waals surface area contributed by atoms with E-state index in [4.69, 9.17) is 9.52 Å². The Hall–Kier alpha value is -2.83. The van der Waals surface area contributed by atoms with Crippen molar-refractivity contribution in [2.45, 2.75) is 6.54 Å². The van der Waals surface area contributed by atoms with Crippen LogP contribution in [-0.4, -0.2) is 17.1 Å². The van der Waals surface area contributed by atoms with Crippen molar-refractivity contribution >= 4 is 17.7 Å². The Kier molecular flexibility index (Phi) is 3.99. The molecule has 1 aromatic carbocycles. The Labute approximate surface area is 113 Å². The smallest absolute Gasteiger partial charge is 0.371 e. The molecule has 0 radical (unpaired) electrons. The fraction of sp³-hybridized carbons (Fsp3) is 0.0769. The number of carbonyl (C=O) groups excluding carboxylic acids is 1. The SMILES string of the molecule is O=C(NCc1ccc(C(=O)O)o1)Nc1ccccc1F. The molecule has 1 heterocycles. The fourth-order valence-corrected chi connectivity index (χ4v) is 1.48. The number of carboxylic acids is 1. The molecule has 0 aliphatic rings. The molecular formula is C13H11FN2O4. The highest BCUT2D eigenvalue weighted by Crippen LogP contribution is 2.12. The molecule has 0 aliphatic carbocycles. The van der Waals surface area contributed by atoms with E-state index in [9.17, 15) is 14.0 Å². The van der Waals surface area contributed by atoms with E-state index in [2.05, 4.69) is 10.6 Å². The van der Waals surface area contributed by atoms with Crippen LogP contribution in [0.1, 0.15) is 16.3 Å². The Bertz CT molecular complexity index is 639. The number of carbonyl (C=O) groups is 2. The molecule has 2 amide bonds. The predicted octanol–water partition coefficient (Wildman–Crippen LogP) is 2.44. The molecule has 2 rings (SSSR count). The second-order valence-corrected chi connectivity index (χ2v) is 3.86. The summed E-state index contributed by atoms with van der Waals surface area (Å²) in [7, 11) is 0. The zero-order valence-corrected chi connectivity index (χ0v) is 10.2. The summed E-state index contributed by atoms with van der Waals surface area (Å²) in [6.07, 6.45) is 0. The van der Waals surface area contributed by atoms with Crippen molar-refractivity contribution in [2.24, 2.45) is 0 Å². The number of hydrogen-bond donors (Lipinski definition) is 3. The van der Waals surface area contributed by atoms with E-state index in [0.717, 1.165) is 0 Å². The molecule has 1 aromatic heterocycles. The Morgan fingerprint density at radius 3 is 2.60 bits per heavy atom. The highest BCUT2D eigenvalue weighted by atomic mass is 19.1. The van der Waals surface area contributed by atoms with Gasteiger partial charge in [-0.2, -0.15) is 0 Å². The first kappa shape index (κ1) is 13.6. The molecule has 0 fully saturated rings. The molecule has 0 spiro atoms. The minimum absolute atomic E-state index is 0.00638. The summed E-state index contributed by atoms with van der Waals surface area (Å²) < 4.78 is 18.2. The van der Waals surface area contributed by atoms with Gasteiger partial charge in [0.15, 0.2) is 0 Å². The fourth-order valence-electron chi connectivity index (χ4n) is 1.48. The van der Waals surface area contributed by atoms with Crippen molar-refractivity contribution in [1.82, 2.24) is 5.32 Å². The summed E-state index contributed by atoms with van der Waals surface area (Å²) in [6.45, 7) is -0.00638. The van der Waals surface area contributed by atoms with E-state index in [0.29, 0.717) is 0 Å². The van der Waals surface area contributed by atoms with E-state index < -0.39 is 17.8 Å². The summed E-state index contributed by atoms with van der Waals surface area (Å²) in [5.41, 5.74) is 0.0515. The van der Waals surface area contributed by atoms with Gasteiger partial charge in [-0.05, 0) is 24.3 Å². The zero-order valence-electron chi connectivity index (χ0n) is 10.2. The molecule has 0 unspecified atom stereocenters. The first-order valence-corrected chi connectivity index (χ1v) is 5.67. The maximum atomic E-state index is 13.3. The quantitative estimate of drug-likeness (QED) is 0.801. The molecule has 0 atom stereocenters. The molecule has 0 saturated carbocycles. The van der Waals surface area contributed by atoms with Crippen LogP contribution in [0.3, 0.4) is 0 Å². The normalized spacial score (nSPS) is 10.1. The number of nitrogens with one attached hydrogen (secondary N) is 2. The van der Waals surface area contributed by atoms with Crippen molar-refractivity contribution in [2.75, 3.05) is 5.32 Å². The third-order valence-corrected chi connectivity index (χ3v) is 2.42. The molecule has 104 valence electrons. The van der Waals surface area contributed by atoms with Crippen LogP contribution in [0.4, 0.5) is 14.9 Å². The van der Waals surface area contributed by atoms with Gasteiger partial charge in [-0.25, -0.2) is 14.0 Å². The lowest BCUT2D eigenvalue weighted by molar-refractivity contribution is 0.0660. The maximum Gasteiger partial charge on any atom is 0.371 e. The Balaban J connectivity index is 1.89. The summed E-state index contributed by atoms with van der Waals surface area (Å²) in [5.74, 6) is -1.66. The van der Waals surface area contributed by atoms with Crippen molar-refractivity contribution in [3.8, 4) is 0 Å². The minimum atomic E-state index is -1.19. The van der Waals surface area contributed by atoms with E-state index >= 15 is 0 Å². The summed E-state index contributed by atoms with van der Waals surface area (Å²) >= 11 is 0. The lowest BCUT2D eigenvalue weighted by atomic mass is 10.3. The van der Waals surface area contributed by atoms with E-state index in [1.165, 1.54) is 30.3 Å². The first-order chi connectivity index (χ1) is 9.56. The molecule has 20 heavy (non-hydrogen) atoms. The van der Waals surface area contributed by atoms with E-state index in [1.807, 2.05) is 0 Å². The topological polar surface area (TPSA) is 91.6 Å². The number of carboxylic acid groups (broad SMARTS) is 1. The summed E-state index contributed by atoms with van der Waals surface area (Å²) in [6, 6.07) is 7.84. The molecule has 3 N–H and O–H groups in total.